The van der Waals surface area contributed by atoms with Gasteiger partial charge in [-0.2, -0.15) is 0 Å². The fourth-order valence-electron chi connectivity index (χ4n) is 8.38. The molecule has 0 aromatic heterocycles. The Morgan fingerprint density at radius 2 is 1.71 bits per heavy atom. The normalized spacial score (nSPS) is 21.9. The largest absolute Gasteiger partial charge is 0.496 e. The Morgan fingerprint density at radius 3 is 2.46 bits per heavy atom. The summed E-state index contributed by atoms with van der Waals surface area (Å²) in [6, 6.07) is 16.5. The third-order valence-electron chi connectivity index (χ3n) is 11.5. The second kappa shape index (κ2) is 17.9. The van der Waals surface area contributed by atoms with E-state index < -0.39 is 18.2 Å². The molecule has 3 aromatic rings. The number of nitrogens with two attached hydrogens (primary N) is 1. The van der Waals surface area contributed by atoms with Crippen LogP contribution < -0.4 is 20.5 Å². The summed E-state index contributed by atoms with van der Waals surface area (Å²) >= 11 is 6.69. The van der Waals surface area contributed by atoms with Crippen molar-refractivity contribution in [1.29, 1.82) is 0 Å². The van der Waals surface area contributed by atoms with Gasteiger partial charge in [-0.25, -0.2) is 4.79 Å². The molecule has 1 heterocycles. The van der Waals surface area contributed by atoms with Gasteiger partial charge in [0.2, 0.25) is 5.91 Å². The SMILES string of the molecule is CCc1ccc(CCC(=O)[C@@H]2CN(C(=O)Oc3ccc4ccccc4c3Cl)CCN2C(=O)[C@@H](CC2CCCCC2)NC2CCC(N)CC2)cc1OC. The van der Waals surface area contributed by atoms with Crippen LogP contribution in [0.3, 0.4) is 0 Å². The fourth-order valence-corrected chi connectivity index (χ4v) is 8.65. The van der Waals surface area contributed by atoms with Crippen LogP contribution in [0, 0.1) is 5.92 Å². The Kier molecular flexibility index (Phi) is 13.1. The summed E-state index contributed by atoms with van der Waals surface area (Å²) in [6.45, 7) is 2.64. The predicted octanol–water partition coefficient (Wildman–Crippen LogP) is 7.48. The second-order valence-corrected chi connectivity index (χ2v) is 15.4. The first kappa shape index (κ1) is 38.1. The van der Waals surface area contributed by atoms with Crippen molar-refractivity contribution in [2.45, 2.75) is 115 Å². The average molecular weight is 731 g/mol. The minimum Gasteiger partial charge on any atom is -0.496 e. The molecule has 1 saturated heterocycles. The zero-order valence-electron chi connectivity index (χ0n) is 30.8. The summed E-state index contributed by atoms with van der Waals surface area (Å²) < 4.78 is 11.5. The predicted molar refractivity (Wildman–Crippen MR) is 206 cm³/mol. The van der Waals surface area contributed by atoms with E-state index in [0.717, 1.165) is 79.0 Å². The number of nitrogens with one attached hydrogen (secondary N) is 1. The topological polar surface area (TPSA) is 114 Å². The van der Waals surface area contributed by atoms with Gasteiger partial charge in [0.1, 0.15) is 11.8 Å². The monoisotopic (exact) mass is 730 g/mol. The summed E-state index contributed by atoms with van der Waals surface area (Å²) in [5, 5.41) is 5.85. The van der Waals surface area contributed by atoms with E-state index in [4.69, 9.17) is 26.8 Å². The number of halogens is 1. The van der Waals surface area contributed by atoms with Crippen molar-refractivity contribution in [3.05, 3.63) is 70.7 Å². The maximum absolute atomic E-state index is 14.7. The minimum absolute atomic E-state index is 0.0432. The molecule has 2 amide bonds. The molecule has 280 valence electrons. The number of benzene rings is 3. The number of ketones is 1. The van der Waals surface area contributed by atoms with E-state index in [1.165, 1.54) is 19.3 Å². The third-order valence-corrected chi connectivity index (χ3v) is 11.9. The van der Waals surface area contributed by atoms with Crippen LogP contribution >= 0.6 is 11.6 Å². The van der Waals surface area contributed by atoms with Gasteiger partial charge < -0.3 is 30.3 Å². The van der Waals surface area contributed by atoms with E-state index in [9.17, 15) is 14.4 Å². The molecular formula is C42H55ClN4O5. The number of rotatable bonds is 12. The molecule has 10 heteroatoms. The molecule has 52 heavy (non-hydrogen) atoms. The number of nitrogens with zero attached hydrogens (tertiary/aromatic N) is 2. The van der Waals surface area contributed by atoms with Gasteiger partial charge in [0.25, 0.3) is 0 Å². The molecule has 0 unspecified atom stereocenters. The molecule has 0 spiro atoms. The van der Waals surface area contributed by atoms with Crippen LogP contribution in [0.25, 0.3) is 10.8 Å². The number of hydrogen-bond donors (Lipinski definition) is 2. The highest BCUT2D eigenvalue weighted by molar-refractivity contribution is 6.37. The number of Topliss-reactive ketones (excluding diaryl/α,β-unsaturated/α-hetero) is 1. The highest BCUT2D eigenvalue weighted by Gasteiger charge is 2.41. The molecule has 3 N–H and O–H groups in total. The van der Waals surface area contributed by atoms with Gasteiger partial charge in [-0.1, -0.05) is 93.1 Å². The molecule has 0 bridgehead atoms. The molecule has 9 nitrogen and oxygen atoms in total. The van der Waals surface area contributed by atoms with E-state index in [1.807, 2.05) is 48.5 Å². The summed E-state index contributed by atoms with van der Waals surface area (Å²) in [4.78, 5) is 46.0. The number of methoxy groups -OCH3 is 1. The number of hydrogen-bond acceptors (Lipinski definition) is 7. The smallest absolute Gasteiger partial charge is 0.415 e. The maximum Gasteiger partial charge on any atom is 0.415 e. The molecule has 0 radical (unpaired) electrons. The van der Waals surface area contributed by atoms with Crippen LogP contribution in [0.15, 0.2) is 54.6 Å². The Hall–Kier alpha value is -3.66. The maximum atomic E-state index is 14.7. The minimum atomic E-state index is -0.798. The first-order valence-corrected chi connectivity index (χ1v) is 19.8. The van der Waals surface area contributed by atoms with Crippen LogP contribution in [0.4, 0.5) is 4.79 Å². The second-order valence-electron chi connectivity index (χ2n) is 15.0. The van der Waals surface area contributed by atoms with Gasteiger partial charge in [0.15, 0.2) is 11.5 Å². The van der Waals surface area contributed by atoms with Crippen molar-refractivity contribution in [3.8, 4) is 11.5 Å². The van der Waals surface area contributed by atoms with Crippen LogP contribution in [0.1, 0.15) is 88.7 Å². The molecule has 6 rings (SSSR count). The average Bonchev–Trinajstić information content (AvgIpc) is 3.18. The lowest BCUT2D eigenvalue weighted by atomic mass is 9.83. The molecule has 1 aliphatic heterocycles. The number of amides is 2. The highest BCUT2D eigenvalue weighted by atomic mass is 35.5. The van der Waals surface area contributed by atoms with Gasteiger partial charge in [0, 0.05) is 37.0 Å². The van der Waals surface area contributed by atoms with Gasteiger partial charge in [-0.05, 0) is 79.5 Å². The van der Waals surface area contributed by atoms with Gasteiger partial charge in [-0.15, -0.1) is 0 Å². The van der Waals surface area contributed by atoms with E-state index in [0.29, 0.717) is 17.4 Å². The number of carbonyl (C=O) groups excluding carboxylic acids is 3. The zero-order chi connectivity index (χ0) is 36.6. The van der Waals surface area contributed by atoms with Crippen molar-refractivity contribution in [2.75, 3.05) is 26.7 Å². The standard InChI is InChI=1S/C42H55ClN4O5/c1-3-30-15-13-29(26-39(30)51-2)14-21-37(48)36-27-46(42(50)52-38-22-16-31-11-7-8-12-34(31)40(38)43)23-24-47(36)41(49)35(25-28-9-5-4-6-10-28)45-33-19-17-32(44)18-20-33/h7-8,11-13,15-16,22,26,28,32-33,35-36,45H,3-6,9-10,14,17-21,23-25,27,44H2,1-2H3/t32?,33?,35-,36+/m1/s1. The van der Waals surface area contributed by atoms with Crippen LogP contribution in [0.2, 0.25) is 5.02 Å². The molecule has 3 aromatic carbocycles. The number of ether oxygens (including phenoxy) is 2. The molecule has 2 atom stereocenters. The van der Waals surface area contributed by atoms with Crippen molar-refractivity contribution in [3.63, 3.8) is 0 Å². The third kappa shape index (κ3) is 9.28. The number of aryl methyl sites for hydroxylation is 2. The first-order valence-electron chi connectivity index (χ1n) is 19.4. The molecular weight excluding hydrogens is 676 g/mol. The summed E-state index contributed by atoms with van der Waals surface area (Å²) in [6.07, 6.45) is 11.4. The fraction of sp³-hybridized carbons (Fsp3) is 0.548. The Balaban J connectivity index is 1.22. The summed E-state index contributed by atoms with van der Waals surface area (Å²) in [7, 11) is 1.66. The van der Waals surface area contributed by atoms with Gasteiger partial charge >= 0.3 is 6.09 Å². The van der Waals surface area contributed by atoms with Gasteiger partial charge in [0.05, 0.1) is 24.7 Å². The van der Waals surface area contributed by atoms with Gasteiger partial charge in [-0.3, -0.25) is 9.59 Å². The van der Waals surface area contributed by atoms with Crippen LogP contribution in [-0.2, 0) is 22.4 Å². The van der Waals surface area contributed by atoms with Crippen molar-refractivity contribution in [1.82, 2.24) is 15.1 Å². The molecule has 3 fully saturated rings. The van der Waals surface area contributed by atoms with Crippen molar-refractivity contribution < 1.29 is 23.9 Å². The van der Waals surface area contributed by atoms with E-state index >= 15 is 0 Å². The van der Waals surface area contributed by atoms with E-state index in [-0.39, 0.29) is 55.6 Å². The quantitative estimate of drug-likeness (QED) is 0.199. The first-order chi connectivity index (χ1) is 25.2. The van der Waals surface area contributed by atoms with E-state index in [2.05, 4.69) is 12.2 Å². The summed E-state index contributed by atoms with van der Waals surface area (Å²) in [5.41, 5.74) is 8.33. The number of carbonyl (C=O) groups is 3. The lowest BCUT2D eigenvalue weighted by Gasteiger charge is -2.43. The van der Waals surface area contributed by atoms with E-state index in [1.54, 1.807) is 23.0 Å². The van der Waals surface area contributed by atoms with Crippen molar-refractivity contribution >= 4 is 40.2 Å². The summed E-state index contributed by atoms with van der Waals surface area (Å²) in [5.74, 6) is 1.43. The Bertz CT molecular complexity index is 1700. The molecule has 2 saturated carbocycles. The Morgan fingerprint density at radius 1 is 0.942 bits per heavy atom. The lowest BCUT2D eigenvalue weighted by Crippen LogP contribution is -2.63. The molecule has 3 aliphatic rings. The number of fused-ring (bicyclic) bond motifs is 1. The zero-order valence-corrected chi connectivity index (χ0v) is 31.5. The highest BCUT2D eigenvalue weighted by Crippen LogP contribution is 2.34. The van der Waals surface area contributed by atoms with Crippen LogP contribution in [0.5, 0.6) is 11.5 Å². The van der Waals surface area contributed by atoms with Crippen LogP contribution in [-0.4, -0.2) is 78.5 Å². The lowest BCUT2D eigenvalue weighted by molar-refractivity contribution is -0.145. The molecule has 2 aliphatic carbocycles. The van der Waals surface area contributed by atoms with Crippen molar-refractivity contribution in [2.24, 2.45) is 11.7 Å². The number of piperazine rings is 1. The Labute approximate surface area is 313 Å².